The molecule has 0 radical (unpaired) electrons. The minimum Gasteiger partial charge on any atom is -0.444 e. The zero-order valence-corrected chi connectivity index (χ0v) is 15.3. The Kier molecular flexibility index (Phi) is 6.49. The van der Waals surface area contributed by atoms with Gasteiger partial charge in [0.2, 0.25) is 0 Å². The Morgan fingerprint density at radius 1 is 1.25 bits per heavy atom. The van der Waals surface area contributed by atoms with Crippen LogP contribution in [0.1, 0.15) is 41.5 Å². The molecule has 0 saturated heterocycles. The van der Waals surface area contributed by atoms with Crippen LogP contribution < -0.4 is 5.32 Å². The van der Waals surface area contributed by atoms with E-state index in [1.807, 2.05) is 20.8 Å². The SMILES string of the molecule is C=C[C@@H](CO[Si](C)(C)C(C)(C)C)NC(=O)OC(C)(C)C. The molecule has 0 aromatic heterocycles. The predicted octanol–water partition coefficient (Wildman–Crippen LogP) is 4.09. The summed E-state index contributed by atoms with van der Waals surface area (Å²) in [5.41, 5.74) is -0.504. The summed E-state index contributed by atoms with van der Waals surface area (Å²) in [6, 6.07) is -0.237. The number of hydrogen-bond donors (Lipinski definition) is 1. The number of carbonyl (C=O) groups is 1. The number of rotatable bonds is 5. The average Bonchev–Trinajstić information content (AvgIpc) is 2.19. The maximum absolute atomic E-state index is 11.7. The van der Waals surface area contributed by atoms with Crippen molar-refractivity contribution in [3.05, 3.63) is 12.7 Å². The third-order valence-electron chi connectivity index (χ3n) is 3.42. The number of amides is 1. The molecule has 1 atom stereocenters. The second-order valence-corrected chi connectivity index (χ2v) is 12.4. The third-order valence-corrected chi connectivity index (χ3v) is 7.92. The van der Waals surface area contributed by atoms with Gasteiger partial charge in [0.15, 0.2) is 8.32 Å². The van der Waals surface area contributed by atoms with Crippen molar-refractivity contribution in [2.75, 3.05) is 6.61 Å². The maximum Gasteiger partial charge on any atom is 0.408 e. The molecule has 0 saturated carbocycles. The van der Waals surface area contributed by atoms with Crippen molar-refractivity contribution in [1.82, 2.24) is 5.32 Å². The molecule has 0 aliphatic carbocycles. The van der Waals surface area contributed by atoms with Gasteiger partial charge in [-0.05, 0) is 38.9 Å². The molecule has 20 heavy (non-hydrogen) atoms. The molecular formula is C15H31NO3Si. The number of alkyl carbamates (subject to hydrolysis) is 1. The highest BCUT2D eigenvalue weighted by Gasteiger charge is 2.37. The van der Waals surface area contributed by atoms with Gasteiger partial charge in [0.25, 0.3) is 0 Å². The van der Waals surface area contributed by atoms with E-state index in [0.717, 1.165) is 0 Å². The van der Waals surface area contributed by atoms with Gasteiger partial charge in [-0.3, -0.25) is 0 Å². The highest BCUT2D eigenvalue weighted by Crippen LogP contribution is 2.36. The second kappa shape index (κ2) is 6.76. The molecule has 0 aromatic carbocycles. The average molecular weight is 302 g/mol. The van der Waals surface area contributed by atoms with Gasteiger partial charge in [0.05, 0.1) is 12.6 Å². The summed E-state index contributed by atoms with van der Waals surface area (Å²) in [6.07, 6.45) is 1.23. The minimum atomic E-state index is -1.82. The van der Waals surface area contributed by atoms with E-state index in [1.54, 1.807) is 6.08 Å². The molecule has 1 amide bonds. The zero-order valence-electron chi connectivity index (χ0n) is 14.3. The lowest BCUT2D eigenvalue weighted by Crippen LogP contribution is -2.46. The Morgan fingerprint density at radius 2 is 1.75 bits per heavy atom. The van der Waals surface area contributed by atoms with Gasteiger partial charge in [-0.15, -0.1) is 6.58 Å². The van der Waals surface area contributed by atoms with E-state index < -0.39 is 20.0 Å². The van der Waals surface area contributed by atoms with Gasteiger partial charge in [0, 0.05) is 0 Å². The van der Waals surface area contributed by atoms with E-state index in [2.05, 4.69) is 45.8 Å². The van der Waals surface area contributed by atoms with Crippen LogP contribution >= 0.6 is 0 Å². The molecule has 0 fully saturated rings. The molecule has 1 N–H and O–H groups in total. The molecule has 5 heteroatoms. The fourth-order valence-corrected chi connectivity index (χ4v) is 2.17. The molecule has 0 unspecified atom stereocenters. The van der Waals surface area contributed by atoms with Crippen LogP contribution in [0.15, 0.2) is 12.7 Å². The first-order valence-electron chi connectivity index (χ1n) is 7.04. The maximum atomic E-state index is 11.7. The Labute approximate surface area is 125 Å². The van der Waals surface area contributed by atoms with E-state index in [1.165, 1.54) is 0 Å². The standard InChI is InChI=1S/C15H31NO3Si/c1-10-12(16-13(17)19-14(2,3)4)11-18-20(8,9)15(5,6)7/h10,12H,1,11H2,2-9H3,(H,16,17)/t12-/m0/s1. The van der Waals surface area contributed by atoms with Crippen molar-refractivity contribution in [2.24, 2.45) is 0 Å². The highest BCUT2D eigenvalue weighted by molar-refractivity contribution is 6.74. The van der Waals surface area contributed by atoms with Crippen molar-refractivity contribution in [3.8, 4) is 0 Å². The van der Waals surface area contributed by atoms with Gasteiger partial charge >= 0.3 is 6.09 Å². The summed E-state index contributed by atoms with van der Waals surface area (Å²) in [7, 11) is -1.82. The molecule has 0 aliphatic rings. The summed E-state index contributed by atoms with van der Waals surface area (Å²) in [5.74, 6) is 0. The summed E-state index contributed by atoms with van der Waals surface area (Å²) >= 11 is 0. The zero-order chi connectivity index (χ0) is 16.2. The number of carbonyl (C=O) groups excluding carboxylic acids is 1. The van der Waals surface area contributed by atoms with Gasteiger partial charge in [0.1, 0.15) is 5.60 Å². The van der Waals surface area contributed by atoms with E-state index >= 15 is 0 Å². The van der Waals surface area contributed by atoms with E-state index in [9.17, 15) is 4.79 Å². The Hall–Kier alpha value is -0.813. The van der Waals surface area contributed by atoms with Gasteiger partial charge in [-0.2, -0.15) is 0 Å². The van der Waals surface area contributed by atoms with Crippen LogP contribution in [0.2, 0.25) is 18.1 Å². The van der Waals surface area contributed by atoms with Crippen LogP contribution in [0, 0.1) is 0 Å². The van der Waals surface area contributed by atoms with Crippen molar-refractivity contribution in [3.63, 3.8) is 0 Å². The normalized spacial score (nSPS) is 14.6. The van der Waals surface area contributed by atoms with Crippen LogP contribution in [-0.2, 0) is 9.16 Å². The Morgan fingerprint density at radius 3 is 2.10 bits per heavy atom. The first-order valence-corrected chi connectivity index (χ1v) is 9.95. The fraction of sp³-hybridized carbons (Fsp3) is 0.800. The molecule has 118 valence electrons. The lowest BCUT2D eigenvalue weighted by Gasteiger charge is -2.37. The van der Waals surface area contributed by atoms with Crippen LogP contribution in [0.25, 0.3) is 0 Å². The molecule has 0 aliphatic heterocycles. The van der Waals surface area contributed by atoms with E-state index in [-0.39, 0.29) is 11.1 Å². The lowest BCUT2D eigenvalue weighted by atomic mass is 10.2. The van der Waals surface area contributed by atoms with Crippen LogP contribution in [0.4, 0.5) is 4.79 Å². The molecule has 4 nitrogen and oxygen atoms in total. The molecule has 0 heterocycles. The number of nitrogens with one attached hydrogen (secondary N) is 1. The van der Waals surface area contributed by atoms with Gasteiger partial charge in [-0.25, -0.2) is 4.79 Å². The topological polar surface area (TPSA) is 47.6 Å². The predicted molar refractivity (Wildman–Crippen MR) is 86.5 cm³/mol. The molecular weight excluding hydrogens is 270 g/mol. The van der Waals surface area contributed by atoms with Crippen molar-refractivity contribution >= 4 is 14.4 Å². The van der Waals surface area contributed by atoms with E-state index in [0.29, 0.717) is 6.61 Å². The second-order valence-electron chi connectivity index (χ2n) is 7.56. The quantitative estimate of drug-likeness (QED) is 0.614. The summed E-state index contributed by atoms with van der Waals surface area (Å²) < 4.78 is 11.3. The molecule has 0 aromatic rings. The fourth-order valence-electron chi connectivity index (χ4n) is 1.14. The molecule has 0 rings (SSSR count). The summed E-state index contributed by atoms with van der Waals surface area (Å²) in [4.78, 5) is 11.7. The summed E-state index contributed by atoms with van der Waals surface area (Å²) in [6.45, 7) is 20.6. The number of hydrogen-bond acceptors (Lipinski definition) is 3. The van der Waals surface area contributed by atoms with Crippen molar-refractivity contribution in [2.45, 2.75) is 71.3 Å². The summed E-state index contributed by atoms with van der Waals surface area (Å²) in [5, 5.41) is 2.91. The van der Waals surface area contributed by atoms with Crippen LogP contribution in [0.5, 0.6) is 0 Å². The molecule has 0 spiro atoms. The van der Waals surface area contributed by atoms with E-state index in [4.69, 9.17) is 9.16 Å². The number of ether oxygens (including phenoxy) is 1. The molecule has 0 bridgehead atoms. The van der Waals surface area contributed by atoms with Crippen LogP contribution in [-0.4, -0.2) is 32.7 Å². The largest absolute Gasteiger partial charge is 0.444 e. The van der Waals surface area contributed by atoms with Gasteiger partial charge < -0.3 is 14.5 Å². The van der Waals surface area contributed by atoms with Crippen molar-refractivity contribution in [1.29, 1.82) is 0 Å². The van der Waals surface area contributed by atoms with Crippen molar-refractivity contribution < 1.29 is 14.0 Å². The Balaban J connectivity index is 4.45. The van der Waals surface area contributed by atoms with Gasteiger partial charge in [-0.1, -0.05) is 26.8 Å². The smallest absolute Gasteiger partial charge is 0.408 e. The minimum absolute atomic E-state index is 0.143. The van der Waals surface area contributed by atoms with Crippen LogP contribution in [0.3, 0.4) is 0 Å². The first kappa shape index (κ1) is 19.2. The highest BCUT2D eigenvalue weighted by atomic mass is 28.4. The first-order chi connectivity index (χ1) is 8.78. The Bertz CT molecular complexity index is 340. The lowest BCUT2D eigenvalue weighted by molar-refractivity contribution is 0.0500. The monoisotopic (exact) mass is 301 g/mol. The third kappa shape index (κ3) is 7.10.